The number of primary amides is 1. The third-order valence-corrected chi connectivity index (χ3v) is 3.41. The second-order valence-corrected chi connectivity index (χ2v) is 5.13. The molecule has 1 atom stereocenters. The van der Waals surface area contributed by atoms with Crippen molar-refractivity contribution in [2.24, 2.45) is 5.73 Å². The molecule has 1 amide bonds. The Bertz CT molecular complexity index is 682. The highest BCUT2D eigenvalue weighted by Gasteiger charge is 2.16. The number of nitrogens with one attached hydrogen (secondary N) is 1. The van der Waals surface area contributed by atoms with Crippen molar-refractivity contribution in [2.75, 3.05) is 11.1 Å². The van der Waals surface area contributed by atoms with Crippen LogP contribution in [-0.2, 0) is 0 Å². The molecule has 1 heterocycles. The fraction of sp³-hybridized carbons (Fsp3) is 0.250. The number of rotatable bonds is 4. The maximum atomic E-state index is 11.7. The Labute approximate surface area is 124 Å². The van der Waals surface area contributed by atoms with Gasteiger partial charge in [-0.2, -0.15) is 0 Å². The molecule has 2 aromatic rings. The summed E-state index contributed by atoms with van der Waals surface area (Å²) < 4.78 is 0. The lowest BCUT2D eigenvalue weighted by molar-refractivity contribution is 0.1000. The van der Waals surface area contributed by atoms with Crippen molar-refractivity contribution in [3.63, 3.8) is 0 Å². The Balaban J connectivity index is 2.40. The lowest BCUT2D eigenvalue weighted by Gasteiger charge is -2.20. The van der Waals surface area contributed by atoms with Crippen LogP contribution < -0.4 is 16.8 Å². The number of carbonyl (C=O) groups is 1. The van der Waals surface area contributed by atoms with Gasteiger partial charge in [-0.1, -0.05) is 18.2 Å². The predicted molar refractivity (Wildman–Crippen MR) is 85.1 cm³/mol. The highest BCUT2D eigenvalue weighted by atomic mass is 16.1. The first-order chi connectivity index (χ1) is 9.90. The number of amides is 1. The standard InChI is InChI=1S/C16H20N4O/c1-9-8-14(15(16(18)21)11(3)19-9)20-10(2)12-6-4-5-7-13(12)17/h4-8,10H,17H2,1-3H3,(H2,18,21)(H,19,20). The molecule has 1 aromatic heterocycles. The summed E-state index contributed by atoms with van der Waals surface area (Å²) in [6.45, 7) is 5.64. The van der Waals surface area contributed by atoms with E-state index >= 15 is 0 Å². The highest BCUT2D eigenvalue weighted by Crippen LogP contribution is 2.27. The first-order valence-electron chi connectivity index (χ1n) is 6.79. The van der Waals surface area contributed by atoms with E-state index in [2.05, 4.69) is 10.3 Å². The van der Waals surface area contributed by atoms with Gasteiger partial charge in [-0.3, -0.25) is 9.78 Å². The number of anilines is 2. The second-order valence-electron chi connectivity index (χ2n) is 5.13. The number of pyridine rings is 1. The highest BCUT2D eigenvalue weighted by molar-refractivity contribution is 5.99. The predicted octanol–water partition coefficient (Wildman–Crippen LogP) is 2.55. The Morgan fingerprint density at radius 2 is 1.95 bits per heavy atom. The van der Waals surface area contributed by atoms with Crippen molar-refractivity contribution >= 4 is 17.3 Å². The number of nitrogen functional groups attached to an aromatic ring is 1. The lowest BCUT2D eigenvalue weighted by atomic mass is 10.0. The van der Waals surface area contributed by atoms with Gasteiger partial charge in [-0.25, -0.2) is 0 Å². The summed E-state index contributed by atoms with van der Waals surface area (Å²) in [7, 11) is 0. The largest absolute Gasteiger partial charge is 0.398 e. The van der Waals surface area contributed by atoms with Crippen LogP contribution in [0.4, 0.5) is 11.4 Å². The minimum absolute atomic E-state index is 0.0505. The topological polar surface area (TPSA) is 94.0 Å². The van der Waals surface area contributed by atoms with Crippen molar-refractivity contribution < 1.29 is 4.79 Å². The van der Waals surface area contributed by atoms with Gasteiger partial charge in [-0.05, 0) is 38.5 Å². The van der Waals surface area contributed by atoms with Crippen LogP contribution in [0.1, 0.15) is 40.3 Å². The minimum atomic E-state index is -0.490. The maximum Gasteiger partial charge on any atom is 0.252 e. The number of nitrogens with zero attached hydrogens (tertiary/aromatic N) is 1. The first-order valence-corrected chi connectivity index (χ1v) is 6.79. The van der Waals surface area contributed by atoms with E-state index in [1.54, 1.807) is 6.92 Å². The normalized spacial score (nSPS) is 12.0. The van der Waals surface area contributed by atoms with Crippen LogP contribution in [0.25, 0.3) is 0 Å². The maximum absolute atomic E-state index is 11.7. The van der Waals surface area contributed by atoms with Crippen LogP contribution >= 0.6 is 0 Å². The molecular weight excluding hydrogens is 264 g/mol. The number of hydrogen-bond donors (Lipinski definition) is 3. The molecule has 0 aliphatic rings. The Morgan fingerprint density at radius 1 is 1.29 bits per heavy atom. The van der Waals surface area contributed by atoms with E-state index in [0.29, 0.717) is 22.6 Å². The molecule has 5 nitrogen and oxygen atoms in total. The zero-order valence-corrected chi connectivity index (χ0v) is 12.5. The molecule has 0 spiro atoms. The zero-order valence-electron chi connectivity index (χ0n) is 12.5. The van der Waals surface area contributed by atoms with Crippen LogP contribution in [0.15, 0.2) is 30.3 Å². The third-order valence-electron chi connectivity index (χ3n) is 3.41. The molecule has 1 unspecified atom stereocenters. The molecule has 0 fully saturated rings. The number of nitrogens with two attached hydrogens (primary N) is 2. The summed E-state index contributed by atoms with van der Waals surface area (Å²) in [4.78, 5) is 15.9. The molecule has 0 aliphatic heterocycles. The minimum Gasteiger partial charge on any atom is -0.398 e. The fourth-order valence-electron chi connectivity index (χ4n) is 2.47. The third kappa shape index (κ3) is 3.13. The van der Waals surface area contributed by atoms with Crippen molar-refractivity contribution in [3.05, 3.63) is 52.8 Å². The van der Waals surface area contributed by atoms with Crippen LogP contribution in [0.5, 0.6) is 0 Å². The average molecular weight is 284 g/mol. The van der Waals surface area contributed by atoms with E-state index in [1.165, 1.54) is 0 Å². The average Bonchev–Trinajstić information content (AvgIpc) is 2.37. The monoisotopic (exact) mass is 284 g/mol. The lowest BCUT2D eigenvalue weighted by Crippen LogP contribution is -2.19. The molecule has 0 radical (unpaired) electrons. The fourth-order valence-corrected chi connectivity index (χ4v) is 2.47. The Hall–Kier alpha value is -2.56. The van der Waals surface area contributed by atoms with Crippen LogP contribution in [-0.4, -0.2) is 10.9 Å². The quantitative estimate of drug-likeness (QED) is 0.752. The zero-order chi connectivity index (χ0) is 15.6. The summed E-state index contributed by atoms with van der Waals surface area (Å²) in [6, 6.07) is 9.40. The van der Waals surface area contributed by atoms with Crippen LogP contribution in [0.3, 0.4) is 0 Å². The van der Waals surface area contributed by atoms with Gasteiger partial charge in [0.2, 0.25) is 0 Å². The van der Waals surface area contributed by atoms with Gasteiger partial charge in [-0.15, -0.1) is 0 Å². The summed E-state index contributed by atoms with van der Waals surface area (Å²) in [5, 5.41) is 3.31. The van der Waals surface area contributed by atoms with Crippen LogP contribution in [0.2, 0.25) is 0 Å². The molecule has 0 bridgehead atoms. The molecule has 21 heavy (non-hydrogen) atoms. The van der Waals surface area contributed by atoms with E-state index in [4.69, 9.17) is 11.5 Å². The number of para-hydroxylation sites is 1. The van der Waals surface area contributed by atoms with Crippen molar-refractivity contribution in [2.45, 2.75) is 26.8 Å². The molecular formula is C16H20N4O. The molecule has 0 saturated heterocycles. The van der Waals surface area contributed by atoms with Gasteiger partial charge in [0, 0.05) is 11.4 Å². The summed E-state index contributed by atoms with van der Waals surface area (Å²) in [6.07, 6.45) is 0. The van der Waals surface area contributed by atoms with Gasteiger partial charge in [0.25, 0.3) is 5.91 Å². The van der Waals surface area contributed by atoms with E-state index in [0.717, 1.165) is 11.3 Å². The molecule has 110 valence electrons. The smallest absolute Gasteiger partial charge is 0.252 e. The van der Waals surface area contributed by atoms with Gasteiger partial charge >= 0.3 is 0 Å². The molecule has 5 N–H and O–H groups in total. The van der Waals surface area contributed by atoms with Gasteiger partial charge in [0.15, 0.2) is 0 Å². The summed E-state index contributed by atoms with van der Waals surface area (Å²) in [5.41, 5.74) is 15.7. The SMILES string of the molecule is Cc1cc(NC(C)c2ccccc2N)c(C(N)=O)c(C)n1. The second kappa shape index (κ2) is 5.83. The molecule has 0 saturated carbocycles. The molecule has 0 aliphatic carbocycles. The summed E-state index contributed by atoms with van der Waals surface area (Å²) in [5.74, 6) is -0.490. The van der Waals surface area contributed by atoms with E-state index in [9.17, 15) is 4.79 Å². The Kier molecular flexibility index (Phi) is 4.12. The number of aromatic nitrogens is 1. The van der Waals surface area contributed by atoms with Crippen molar-refractivity contribution in [1.29, 1.82) is 0 Å². The van der Waals surface area contributed by atoms with E-state index < -0.39 is 5.91 Å². The van der Waals surface area contributed by atoms with Crippen molar-refractivity contribution in [1.82, 2.24) is 4.98 Å². The molecule has 2 rings (SSSR count). The van der Waals surface area contributed by atoms with Gasteiger partial charge in [0.05, 0.1) is 23.0 Å². The van der Waals surface area contributed by atoms with E-state index in [1.807, 2.05) is 44.2 Å². The number of carbonyl (C=O) groups excluding carboxylic acids is 1. The Morgan fingerprint density at radius 3 is 2.57 bits per heavy atom. The van der Waals surface area contributed by atoms with Crippen LogP contribution in [0, 0.1) is 13.8 Å². The molecule has 1 aromatic carbocycles. The van der Waals surface area contributed by atoms with Gasteiger partial charge < -0.3 is 16.8 Å². The number of aryl methyl sites for hydroxylation is 2. The summed E-state index contributed by atoms with van der Waals surface area (Å²) >= 11 is 0. The number of benzene rings is 1. The molecule has 5 heteroatoms. The first kappa shape index (κ1) is 14.8. The van der Waals surface area contributed by atoms with Crippen molar-refractivity contribution in [3.8, 4) is 0 Å². The van der Waals surface area contributed by atoms with E-state index in [-0.39, 0.29) is 6.04 Å². The number of hydrogen-bond acceptors (Lipinski definition) is 4. The van der Waals surface area contributed by atoms with Gasteiger partial charge in [0.1, 0.15) is 0 Å².